The van der Waals surface area contributed by atoms with E-state index in [1.807, 2.05) is 6.07 Å². The van der Waals surface area contributed by atoms with E-state index in [2.05, 4.69) is 18.0 Å². The number of hydrogen-bond donors (Lipinski definition) is 1. The molecule has 2 aliphatic carbocycles. The Morgan fingerprint density at radius 1 is 1.45 bits per heavy atom. The Morgan fingerprint density at radius 2 is 2.32 bits per heavy atom. The number of aliphatic hydroxyl groups excluding tert-OH is 1. The van der Waals surface area contributed by atoms with Crippen LogP contribution in [0.15, 0.2) is 12.1 Å². The van der Waals surface area contributed by atoms with Crippen LogP contribution in [0.4, 0.5) is 0 Å². The number of piperidine rings is 1. The molecule has 1 spiro atoms. The topological polar surface area (TPSA) is 49.8 Å². The highest BCUT2D eigenvalue weighted by molar-refractivity contribution is 5.89. The molecule has 2 bridgehead atoms. The summed E-state index contributed by atoms with van der Waals surface area (Å²) >= 11 is 0. The number of likely N-dealkylation sites (tertiary alicyclic amines) is 1. The van der Waals surface area contributed by atoms with Crippen LogP contribution in [0.2, 0.25) is 0 Å². The van der Waals surface area contributed by atoms with Crippen molar-refractivity contribution in [1.82, 2.24) is 4.90 Å². The number of ketones is 1. The van der Waals surface area contributed by atoms with Crippen molar-refractivity contribution < 1.29 is 14.6 Å². The largest absolute Gasteiger partial charge is 0.481 e. The van der Waals surface area contributed by atoms with Gasteiger partial charge in [0.1, 0.15) is 5.75 Å². The Morgan fingerprint density at radius 3 is 3.14 bits per heavy atom. The summed E-state index contributed by atoms with van der Waals surface area (Å²) < 4.78 is 6.22. The highest BCUT2D eigenvalue weighted by Crippen LogP contribution is 2.61. The van der Waals surface area contributed by atoms with Gasteiger partial charge >= 0.3 is 0 Å². The first-order chi connectivity index (χ1) is 10.7. The van der Waals surface area contributed by atoms with Crippen LogP contribution in [0.25, 0.3) is 0 Å². The van der Waals surface area contributed by atoms with Crippen molar-refractivity contribution >= 4 is 5.78 Å². The fourth-order valence-electron chi connectivity index (χ4n) is 5.71. The summed E-state index contributed by atoms with van der Waals surface area (Å²) in [6.07, 6.45) is 3.34. The number of aliphatic hydroxyl groups is 1. The van der Waals surface area contributed by atoms with Gasteiger partial charge in [0.2, 0.25) is 0 Å². The van der Waals surface area contributed by atoms with Gasteiger partial charge in [-0.2, -0.15) is 0 Å². The van der Waals surface area contributed by atoms with Crippen LogP contribution in [-0.2, 0) is 23.2 Å². The second-order valence-electron chi connectivity index (χ2n) is 7.40. The molecule has 1 aromatic carbocycles. The predicted octanol–water partition coefficient (Wildman–Crippen LogP) is 1.42. The number of nitrogens with zero attached hydrogens (tertiary/aromatic N) is 1. The average Bonchev–Trinajstić information content (AvgIpc) is 2.88. The molecule has 2 heterocycles. The van der Waals surface area contributed by atoms with Gasteiger partial charge in [-0.3, -0.25) is 4.79 Å². The van der Waals surface area contributed by atoms with Gasteiger partial charge in [-0.1, -0.05) is 12.1 Å². The number of carbonyl (C=O) groups excluding carboxylic acids is 1. The molecule has 1 N–H and O–H groups in total. The van der Waals surface area contributed by atoms with E-state index in [-0.39, 0.29) is 23.9 Å². The van der Waals surface area contributed by atoms with Crippen molar-refractivity contribution in [3.05, 3.63) is 28.8 Å². The third-order valence-electron chi connectivity index (χ3n) is 6.66. The molecule has 116 valence electrons. The van der Waals surface area contributed by atoms with Crippen LogP contribution in [0.5, 0.6) is 5.75 Å². The molecule has 2 unspecified atom stereocenters. The molecule has 0 aromatic heterocycles. The summed E-state index contributed by atoms with van der Waals surface area (Å²) in [6.45, 7) is 1.00. The minimum atomic E-state index is -0.316. The quantitative estimate of drug-likeness (QED) is 0.852. The molecule has 4 aliphatic rings. The third kappa shape index (κ3) is 1.30. The maximum Gasteiger partial charge on any atom is 0.174 e. The molecule has 5 rings (SSSR count). The Bertz CT molecular complexity index is 685. The number of rotatable bonds is 1. The maximum atomic E-state index is 12.6. The molecule has 22 heavy (non-hydrogen) atoms. The third-order valence-corrected chi connectivity index (χ3v) is 6.66. The summed E-state index contributed by atoms with van der Waals surface area (Å²) in [6, 6.07) is 4.65. The highest BCUT2D eigenvalue weighted by Gasteiger charge is 2.65. The van der Waals surface area contributed by atoms with Crippen molar-refractivity contribution in [3.63, 3.8) is 0 Å². The van der Waals surface area contributed by atoms with Crippen molar-refractivity contribution in [2.45, 2.75) is 49.9 Å². The standard InChI is InChI=1S/C18H21NO3/c1-19-7-6-18-12-4-5-14(21)17(18)22-16-11(9-20)3-2-10(15(16)18)8-13(12)19/h2-3,12-13,17,20H,4-9H2,1H3/t12?,13?,17-,18-/m1/s1. The van der Waals surface area contributed by atoms with Crippen LogP contribution in [0, 0.1) is 5.92 Å². The first-order valence-corrected chi connectivity index (χ1v) is 8.32. The van der Waals surface area contributed by atoms with E-state index in [1.165, 1.54) is 11.1 Å². The first kappa shape index (κ1) is 13.1. The maximum absolute atomic E-state index is 12.6. The van der Waals surface area contributed by atoms with Crippen LogP contribution in [-0.4, -0.2) is 41.5 Å². The summed E-state index contributed by atoms with van der Waals surface area (Å²) in [5.41, 5.74) is 3.32. The zero-order chi connectivity index (χ0) is 15.1. The van der Waals surface area contributed by atoms with Crippen LogP contribution >= 0.6 is 0 Å². The van der Waals surface area contributed by atoms with E-state index in [4.69, 9.17) is 4.74 Å². The van der Waals surface area contributed by atoms with E-state index in [9.17, 15) is 9.90 Å². The van der Waals surface area contributed by atoms with E-state index in [1.54, 1.807) is 0 Å². The van der Waals surface area contributed by atoms with Gasteiger partial charge in [0.25, 0.3) is 0 Å². The van der Waals surface area contributed by atoms with Crippen LogP contribution in [0.1, 0.15) is 36.0 Å². The summed E-state index contributed by atoms with van der Waals surface area (Å²) in [5, 5.41) is 9.67. The van der Waals surface area contributed by atoms with Crippen molar-refractivity contribution in [3.8, 4) is 5.75 Å². The number of carbonyl (C=O) groups is 1. The van der Waals surface area contributed by atoms with Crippen molar-refractivity contribution in [2.24, 2.45) is 5.92 Å². The van der Waals surface area contributed by atoms with Gasteiger partial charge in [-0.05, 0) is 44.3 Å². The molecule has 4 atom stereocenters. The lowest BCUT2D eigenvalue weighted by Crippen LogP contribution is -2.65. The van der Waals surface area contributed by atoms with Gasteiger partial charge < -0.3 is 14.7 Å². The number of hydrogen-bond acceptors (Lipinski definition) is 4. The monoisotopic (exact) mass is 299 g/mol. The number of Topliss-reactive ketones (excluding diaryl/α,β-unsaturated/α-hetero) is 1. The lowest BCUT2D eigenvalue weighted by atomic mass is 9.51. The molecule has 1 saturated heterocycles. The van der Waals surface area contributed by atoms with E-state index in [0.717, 1.165) is 37.1 Å². The summed E-state index contributed by atoms with van der Waals surface area (Å²) in [5.74, 6) is 1.59. The zero-order valence-electron chi connectivity index (χ0n) is 12.8. The van der Waals surface area contributed by atoms with E-state index >= 15 is 0 Å². The second-order valence-corrected chi connectivity index (χ2v) is 7.40. The molecule has 4 nitrogen and oxygen atoms in total. The molecule has 0 radical (unpaired) electrons. The van der Waals surface area contributed by atoms with Crippen molar-refractivity contribution in [2.75, 3.05) is 13.6 Å². The molecule has 2 fully saturated rings. The minimum Gasteiger partial charge on any atom is -0.481 e. The Hall–Kier alpha value is -1.39. The number of ether oxygens (including phenoxy) is 1. The van der Waals surface area contributed by atoms with Crippen LogP contribution in [0.3, 0.4) is 0 Å². The van der Waals surface area contributed by atoms with Gasteiger partial charge in [-0.25, -0.2) is 0 Å². The molecule has 0 amide bonds. The van der Waals surface area contributed by atoms with Gasteiger partial charge in [0, 0.05) is 29.0 Å². The Labute approximate surface area is 130 Å². The highest BCUT2D eigenvalue weighted by atomic mass is 16.5. The van der Waals surface area contributed by atoms with Crippen LogP contribution < -0.4 is 4.74 Å². The fourth-order valence-corrected chi connectivity index (χ4v) is 5.71. The molecular formula is C18H21NO3. The van der Waals surface area contributed by atoms with Crippen molar-refractivity contribution in [1.29, 1.82) is 0 Å². The molecule has 1 aromatic rings. The van der Waals surface area contributed by atoms with E-state index < -0.39 is 0 Å². The zero-order valence-corrected chi connectivity index (χ0v) is 12.8. The lowest BCUT2D eigenvalue weighted by Gasteiger charge is -2.57. The van der Waals surface area contributed by atoms with Gasteiger partial charge in [-0.15, -0.1) is 0 Å². The number of benzene rings is 1. The normalized spacial score (nSPS) is 38.6. The summed E-state index contributed by atoms with van der Waals surface area (Å²) in [7, 11) is 2.22. The van der Waals surface area contributed by atoms with Gasteiger partial charge in [0.15, 0.2) is 11.9 Å². The number of likely N-dealkylation sites (N-methyl/N-ethyl adjacent to an activating group) is 1. The second kappa shape index (κ2) is 4.12. The molecule has 2 aliphatic heterocycles. The lowest BCUT2D eigenvalue weighted by molar-refractivity contribution is -0.138. The minimum absolute atomic E-state index is 0.0202. The SMILES string of the molecule is CN1CC[C@@]23c4c5ccc(CO)c4O[C@@H]2C(=O)CCC3C1C5. The summed E-state index contributed by atoms with van der Waals surface area (Å²) in [4.78, 5) is 15.1. The first-order valence-electron chi connectivity index (χ1n) is 8.32. The smallest absolute Gasteiger partial charge is 0.174 e. The molecular weight excluding hydrogens is 278 g/mol. The van der Waals surface area contributed by atoms with E-state index in [0.29, 0.717) is 18.4 Å². The Balaban J connectivity index is 1.81. The average molecular weight is 299 g/mol. The predicted molar refractivity (Wildman–Crippen MR) is 80.9 cm³/mol. The fraction of sp³-hybridized carbons (Fsp3) is 0.611. The Kier molecular flexibility index (Phi) is 2.45. The van der Waals surface area contributed by atoms with Gasteiger partial charge in [0.05, 0.1) is 6.61 Å². The molecule has 1 saturated carbocycles. The molecule has 4 heteroatoms.